The van der Waals surface area contributed by atoms with Gasteiger partial charge in [-0.2, -0.15) is 5.10 Å². The van der Waals surface area contributed by atoms with Gasteiger partial charge in [0.2, 0.25) is 11.1 Å². The highest BCUT2D eigenvalue weighted by molar-refractivity contribution is 7.99. The van der Waals surface area contributed by atoms with E-state index in [1.54, 1.807) is 11.0 Å². The van der Waals surface area contributed by atoms with Crippen molar-refractivity contribution in [1.29, 1.82) is 0 Å². The molecule has 0 saturated heterocycles. The molecule has 2 heterocycles. The van der Waals surface area contributed by atoms with Crippen molar-refractivity contribution in [3.05, 3.63) is 77.9 Å². The Morgan fingerprint density at radius 2 is 1.70 bits per heavy atom. The second-order valence-electron chi connectivity index (χ2n) is 6.94. The van der Waals surface area contributed by atoms with Crippen molar-refractivity contribution in [3.8, 4) is 11.4 Å². The quantitative estimate of drug-likeness (QED) is 0.477. The highest BCUT2D eigenvalue weighted by Crippen LogP contribution is 2.24. The molecule has 1 N–H and O–H groups in total. The monoisotopic (exact) mass is 418 g/mol. The molecule has 4 aromatic rings. The molecule has 8 heteroatoms. The Morgan fingerprint density at radius 1 is 0.967 bits per heavy atom. The summed E-state index contributed by atoms with van der Waals surface area (Å²) in [6.45, 7) is 5.89. The summed E-state index contributed by atoms with van der Waals surface area (Å²) in [4.78, 5) is 16.8. The number of aryl methyl sites for hydroxylation is 2. The first-order valence-corrected chi connectivity index (χ1v) is 10.5. The number of aromatic nitrogens is 5. The second kappa shape index (κ2) is 8.54. The van der Waals surface area contributed by atoms with Gasteiger partial charge in [-0.25, -0.2) is 14.3 Å². The molecule has 2 aromatic heterocycles. The van der Waals surface area contributed by atoms with E-state index in [1.165, 1.54) is 17.3 Å². The van der Waals surface area contributed by atoms with E-state index in [9.17, 15) is 4.79 Å². The second-order valence-corrected chi connectivity index (χ2v) is 7.88. The summed E-state index contributed by atoms with van der Waals surface area (Å²) in [7, 11) is 0. The third-order valence-electron chi connectivity index (χ3n) is 4.66. The fourth-order valence-electron chi connectivity index (χ4n) is 3.09. The molecule has 2 aromatic carbocycles. The van der Waals surface area contributed by atoms with Gasteiger partial charge >= 0.3 is 0 Å². The van der Waals surface area contributed by atoms with E-state index in [2.05, 4.69) is 20.5 Å². The Labute approximate surface area is 179 Å². The van der Waals surface area contributed by atoms with Gasteiger partial charge in [0.25, 0.3) is 0 Å². The molecule has 0 radical (unpaired) electrons. The fraction of sp³-hybridized carbons (Fsp3) is 0.182. The van der Waals surface area contributed by atoms with Gasteiger partial charge in [-0.05, 0) is 45.0 Å². The van der Waals surface area contributed by atoms with Gasteiger partial charge in [0.1, 0.15) is 6.33 Å². The number of benzene rings is 2. The van der Waals surface area contributed by atoms with E-state index in [-0.39, 0.29) is 11.7 Å². The molecule has 0 aliphatic carbocycles. The first-order chi connectivity index (χ1) is 14.5. The summed E-state index contributed by atoms with van der Waals surface area (Å²) in [6.07, 6.45) is 1.65. The topological polar surface area (TPSA) is 77.6 Å². The standard InChI is InChI=1S/C22H22N6OS/c1-15-9-11-19(12-10-15)28-17(3)21(16(2)25-28)24-20(29)13-30-22-23-14-27(26-22)18-7-5-4-6-8-18/h4-12,14H,13H2,1-3H3,(H,24,29). The van der Waals surface area contributed by atoms with Crippen LogP contribution in [0.25, 0.3) is 11.4 Å². The maximum Gasteiger partial charge on any atom is 0.234 e. The number of carbonyl (C=O) groups is 1. The molecule has 0 bridgehead atoms. The average Bonchev–Trinajstić information content (AvgIpc) is 3.34. The SMILES string of the molecule is Cc1ccc(-n2nc(C)c(NC(=O)CSc3ncn(-c4ccccc4)n3)c2C)cc1. The number of amides is 1. The number of carbonyl (C=O) groups excluding carboxylic acids is 1. The number of hydrogen-bond acceptors (Lipinski definition) is 5. The molecular formula is C22H22N6OS. The summed E-state index contributed by atoms with van der Waals surface area (Å²) in [5, 5.41) is 12.5. The predicted octanol–water partition coefficient (Wildman–Crippen LogP) is 4.11. The van der Waals surface area contributed by atoms with E-state index < -0.39 is 0 Å². The van der Waals surface area contributed by atoms with Crippen molar-refractivity contribution in [1.82, 2.24) is 24.5 Å². The largest absolute Gasteiger partial charge is 0.322 e. The normalized spacial score (nSPS) is 10.9. The van der Waals surface area contributed by atoms with Crippen molar-refractivity contribution in [2.45, 2.75) is 25.9 Å². The summed E-state index contributed by atoms with van der Waals surface area (Å²) in [5.41, 5.74) is 5.49. The lowest BCUT2D eigenvalue weighted by atomic mass is 10.2. The van der Waals surface area contributed by atoms with Gasteiger partial charge in [0.05, 0.1) is 34.2 Å². The minimum absolute atomic E-state index is 0.120. The molecule has 0 spiro atoms. The van der Waals surface area contributed by atoms with Crippen LogP contribution in [0.15, 0.2) is 66.1 Å². The Balaban J connectivity index is 1.41. The average molecular weight is 419 g/mol. The van der Waals surface area contributed by atoms with Crippen molar-refractivity contribution in [2.75, 3.05) is 11.1 Å². The van der Waals surface area contributed by atoms with Crippen LogP contribution in [0.4, 0.5) is 5.69 Å². The summed E-state index contributed by atoms with van der Waals surface area (Å²) in [6, 6.07) is 17.9. The molecule has 0 unspecified atom stereocenters. The van der Waals surface area contributed by atoms with Gasteiger partial charge in [-0.1, -0.05) is 47.7 Å². The summed E-state index contributed by atoms with van der Waals surface area (Å²) < 4.78 is 3.54. The molecule has 0 saturated carbocycles. The van der Waals surface area contributed by atoms with Gasteiger partial charge in [-0.3, -0.25) is 4.79 Å². The van der Waals surface area contributed by atoms with Gasteiger partial charge in [0.15, 0.2) is 0 Å². The molecule has 30 heavy (non-hydrogen) atoms. The van der Waals surface area contributed by atoms with Crippen molar-refractivity contribution >= 4 is 23.4 Å². The maximum absolute atomic E-state index is 12.5. The van der Waals surface area contributed by atoms with Gasteiger partial charge < -0.3 is 5.32 Å². The zero-order valence-electron chi connectivity index (χ0n) is 17.0. The Hall–Kier alpha value is -3.39. The number of nitrogens with one attached hydrogen (secondary N) is 1. The van der Waals surface area contributed by atoms with E-state index >= 15 is 0 Å². The molecule has 0 aliphatic heterocycles. The third kappa shape index (κ3) is 4.28. The minimum atomic E-state index is -0.120. The number of nitrogens with zero attached hydrogens (tertiary/aromatic N) is 5. The first kappa shape index (κ1) is 19.9. The predicted molar refractivity (Wildman–Crippen MR) is 118 cm³/mol. The number of anilines is 1. The fourth-order valence-corrected chi connectivity index (χ4v) is 3.69. The van der Waals surface area contributed by atoms with Gasteiger partial charge in [-0.15, -0.1) is 5.10 Å². The van der Waals surface area contributed by atoms with Crippen LogP contribution < -0.4 is 5.32 Å². The zero-order valence-corrected chi connectivity index (χ0v) is 17.8. The Morgan fingerprint density at radius 3 is 2.43 bits per heavy atom. The van der Waals surface area contributed by atoms with Gasteiger partial charge in [0, 0.05) is 0 Å². The van der Waals surface area contributed by atoms with Crippen LogP contribution in [-0.4, -0.2) is 36.2 Å². The lowest BCUT2D eigenvalue weighted by molar-refractivity contribution is -0.113. The van der Waals surface area contributed by atoms with E-state index in [4.69, 9.17) is 0 Å². The number of hydrogen-bond donors (Lipinski definition) is 1. The summed E-state index contributed by atoms with van der Waals surface area (Å²) in [5.74, 6) is 0.0960. The van der Waals surface area contributed by atoms with E-state index in [1.807, 2.05) is 80.1 Å². The minimum Gasteiger partial charge on any atom is -0.322 e. The van der Waals surface area contributed by atoms with Crippen LogP contribution in [0.5, 0.6) is 0 Å². The van der Waals surface area contributed by atoms with Crippen molar-refractivity contribution in [2.24, 2.45) is 0 Å². The molecule has 7 nitrogen and oxygen atoms in total. The van der Waals surface area contributed by atoms with E-state index in [0.717, 1.165) is 28.5 Å². The van der Waals surface area contributed by atoms with Crippen LogP contribution in [0.1, 0.15) is 17.0 Å². The molecule has 1 amide bonds. The van der Waals surface area contributed by atoms with E-state index in [0.29, 0.717) is 5.16 Å². The molecule has 0 fully saturated rings. The lowest BCUT2D eigenvalue weighted by Gasteiger charge is -2.07. The third-order valence-corrected chi connectivity index (χ3v) is 5.51. The zero-order chi connectivity index (χ0) is 21.1. The van der Waals surface area contributed by atoms with Crippen LogP contribution >= 0.6 is 11.8 Å². The number of thioether (sulfide) groups is 1. The highest BCUT2D eigenvalue weighted by atomic mass is 32.2. The van der Waals surface area contributed by atoms with Crippen LogP contribution in [0.3, 0.4) is 0 Å². The molecule has 0 aliphatic rings. The van der Waals surface area contributed by atoms with Crippen molar-refractivity contribution < 1.29 is 4.79 Å². The lowest BCUT2D eigenvalue weighted by Crippen LogP contribution is -2.15. The Kier molecular flexibility index (Phi) is 5.67. The Bertz CT molecular complexity index is 1160. The van der Waals surface area contributed by atoms with Crippen molar-refractivity contribution in [3.63, 3.8) is 0 Å². The smallest absolute Gasteiger partial charge is 0.234 e. The number of rotatable bonds is 6. The maximum atomic E-state index is 12.5. The highest BCUT2D eigenvalue weighted by Gasteiger charge is 2.16. The molecular weight excluding hydrogens is 396 g/mol. The molecule has 0 atom stereocenters. The molecule has 4 rings (SSSR count). The summed E-state index contributed by atoms with van der Waals surface area (Å²) >= 11 is 1.30. The van der Waals surface area contributed by atoms with Crippen LogP contribution in [-0.2, 0) is 4.79 Å². The number of para-hydroxylation sites is 1. The van der Waals surface area contributed by atoms with Crippen LogP contribution in [0, 0.1) is 20.8 Å². The van der Waals surface area contributed by atoms with Crippen LogP contribution in [0.2, 0.25) is 0 Å². The first-order valence-electron chi connectivity index (χ1n) is 9.54. The molecule has 152 valence electrons.